The zero-order chi connectivity index (χ0) is 13.7. The summed E-state index contributed by atoms with van der Waals surface area (Å²) in [5.41, 5.74) is 0.906. The minimum Gasteiger partial charge on any atom is -0.477 e. The molecule has 0 radical (unpaired) electrons. The van der Waals surface area contributed by atoms with Gasteiger partial charge in [-0.2, -0.15) is 0 Å². The second-order valence-electron chi connectivity index (χ2n) is 5.10. The minimum absolute atomic E-state index is 0.147. The van der Waals surface area contributed by atoms with Gasteiger partial charge in [-0.05, 0) is 37.4 Å². The highest BCUT2D eigenvalue weighted by Crippen LogP contribution is 2.16. The number of rotatable bonds is 5. The topological polar surface area (TPSA) is 62.7 Å². The molecule has 1 atom stereocenters. The van der Waals surface area contributed by atoms with Gasteiger partial charge in [-0.1, -0.05) is 6.07 Å². The van der Waals surface area contributed by atoms with E-state index in [0.29, 0.717) is 12.5 Å². The molecular weight excluding hydrogens is 244 g/mol. The van der Waals surface area contributed by atoms with Crippen LogP contribution in [0.5, 0.6) is 0 Å². The Balaban J connectivity index is 1.94. The second kappa shape index (κ2) is 6.63. The molecule has 2 heterocycles. The summed E-state index contributed by atoms with van der Waals surface area (Å²) in [6.45, 7) is 3.20. The summed E-state index contributed by atoms with van der Waals surface area (Å²) in [6, 6.07) is 3.60. The fourth-order valence-electron chi connectivity index (χ4n) is 2.51. The van der Waals surface area contributed by atoms with Gasteiger partial charge in [-0.3, -0.25) is 0 Å². The van der Waals surface area contributed by atoms with Crippen LogP contribution in [0.1, 0.15) is 28.9 Å². The molecular formula is C14H20N2O3. The van der Waals surface area contributed by atoms with E-state index < -0.39 is 5.97 Å². The zero-order valence-electron chi connectivity index (χ0n) is 11.2. The lowest BCUT2D eigenvalue weighted by atomic mass is 10.0. The zero-order valence-corrected chi connectivity index (χ0v) is 11.2. The van der Waals surface area contributed by atoms with Crippen LogP contribution in [0.2, 0.25) is 0 Å². The van der Waals surface area contributed by atoms with Crippen molar-refractivity contribution in [2.24, 2.45) is 5.92 Å². The van der Waals surface area contributed by atoms with Crippen LogP contribution >= 0.6 is 0 Å². The van der Waals surface area contributed by atoms with Gasteiger partial charge in [0.05, 0.1) is 6.61 Å². The Morgan fingerprint density at radius 3 is 3.16 bits per heavy atom. The van der Waals surface area contributed by atoms with Gasteiger partial charge in [0.25, 0.3) is 0 Å². The highest BCUT2D eigenvalue weighted by Gasteiger charge is 2.18. The van der Waals surface area contributed by atoms with E-state index in [0.717, 1.165) is 31.7 Å². The molecule has 104 valence electrons. The predicted molar refractivity (Wildman–Crippen MR) is 71.1 cm³/mol. The van der Waals surface area contributed by atoms with Gasteiger partial charge in [-0.25, -0.2) is 9.78 Å². The Hall–Kier alpha value is -1.46. The summed E-state index contributed by atoms with van der Waals surface area (Å²) >= 11 is 0. The first-order valence-corrected chi connectivity index (χ1v) is 6.60. The molecule has 0 aliphatic carbocycles. The molecule has 0 bridgehead atoms. The number of pyridine rings is 1. The predicted octanol–water partition coefficient (Wildman–Crippen LogP) is 1.64. The molecule has 1 N–H and O–H groups in total. The molecule has 5 heteroatoms. The summed E-state index contributed by atoms with van der Waals surface area (Å²) in [5, 5.41) is 9.10. The Morgan fingerprint density at radius 2 is 2.47 bits per heavy atom. The summed E-state index contributed by atoms with van der Waals surface area (Å²) in [4.78, 5) is 17.2. The second-order valence-corrected chi connectivity index (χ2v) is 5.10. The summed E-state index contributed by atoms with van der Waals surface area (Å²) in [7, 11) is 2.01. The summed E-state index contributed by atoms with van der Waals surface area (Å²) in [6.07, 6.45) is 3.82. The third-order valence-corrected chi connectivity index (χ3v) is 3.36. The van der Waals surface area contributed by atoms with Crippen LogP contribution < -0.4 is 0 Å². The van der Waals surface area contributed by atoms with Crippen molar-refractivity contribution >= 4 is 5.97 Å². The lowest BCUT2D eigenvalue weighted by Gasteiger charge is -2.27. The number of aromatic carboxylic acids is 1. The Morgan fingerprint density at radius 1 is 1.63 bits per heavy atom. The number of aromatic nitrogens is 1. The van der Waals surface area contributed by atoms with E-state index in [1.165, 1.54) is 12.6 Å². The van der Waals surface area contributed by atoms with Crippen molar-refractivity contribution in [1.82, 2.24) is 9.88 Å². The fourth-order valence-corrected chi connectivity index (χ4v) is 2.51. The van der Waals surface area contributed by atoms with Crippen LogP contribution in [0.25, 0.3) is 0 Å². The van der Waals surface area contributed by atoms with Crippen molar-refractivity contribution in [3.63, 3.8) is 0 Å². The lowest BCUT2D eigenvalue weighted by molar-refractivity contribution is 0.0410. The highest BCUT2D eigenvalue weighted by molar-refractivity contribution is 5.86. The van der Waals surface area contributed by atoms with Crippen LogP contribution in [-0.4, -0.2) is 47.8 Å². The normalized spacial score (nSPS) is 19.6. The van der Waals surface area contributed by atoms with E-state index in [1.54, 1.807) is 6.07 Å². The molecule has 1 fully saturated rings. The smallest absolute Gasteiger partial charge is 0.354 e. The number of carboxylic acid groups (broad SMARTS) is 1. The van der Waals surface area contributed by atoms with Crippen molar-refractivity contribution in [3.05, 3.63) is 29.6 Å². The molecule has 0 saturated carbocycles. The molecule has 1 saturated heterocycles. The molecule has 0 amide bonds. The fraction of sp³-hybridized carbons (Fsp3) is 0.571. The van der Waals surface area contributed by atoms with Crippen molar-refractivity contribution in [3.8, 4) is 0 Å². The Labute approximate surface area is 113 Å². The first kappa shape index (κ1) is 14.0. The van der Waals surface area contributed by atoms with Gasteiger partial charge in [0, 0.05) is 25.9 Å². The maximum Gasteiger partial charge on any atom is 0.354 e. The molecule has 1 aliphatic heterocycles. The number of ether oxygens (including phenoxy) is 1. The number of hydrogen-bond donors (Lipinski definition) is 1. The third-order valence-electron chi connectivity index (χ3n) is 3.36. The summed E-state index contributed by atoms with van der Waals surface area (Å²) < 4.78 is 5.46. The Kier molecular flexibility index (Phi) is 4.87. The highest BCUT2D eigenvalue weighted by atomic mass is 16.5. The first-order chi connectivity index (χ1) is 9.16. The van der Waals surface area contributed by atoms with Crippen LogP contribution in [0.4, 0.5) is 0 Å². The number of nitrogens with zero attached hydrogens (tertiary/aromatic N) is 2. The number of carbonyl (C=O) groups is 1. The van der Waals surface area contributed by atoms with Gasteiger partial charge in [0.15, 0.2) is 5.69 Å². The van der Waals surface area contributed by atoms with Crippen LogP contribution in [0.3, 0.4) is 0 Å². The maximum absolute atomic E-state index is 11.1. The monoisotopic (exact) mass is 264 g/mol. The molecule has 0 spiro atoms. The van der Waals surface area contributed by atoms with E-state index in [4.69, 9.17) is 9.84 Å². The SMILES string of the molecule is CN(Cc1cccnc1C(=O)O)CC1CCCOC1. The lowest BCUT2D eigenvalue weighted by Crippen LogP contribution is -2.31. The molecule has 1 unspecified atom stereocenters. The van der Waals surface area contributed by atoms with Crippen LogP contribution in [0, 0.1) is 5.92 Å². The molecule has 19 heavy (non-hydrogen) atoms. The van der Waals surface area contributed by atoms with Gasteiger partial charge in [0.2, 0.25) is 0 Å². The van der Waals surface area contributed by atoms with Gasteiger partial charge in [0.1, 0.15) is 0 Å². The molecule has 5 nitrogen and oxygen atoms in total. The summed E-state index contributed by atoms with van der Waals surface area (Å²) in [5.74, 6) is -0.423. The number of hydrogen-bond acceptors (Lipinski definition) is 4. The van der Waals surface area contributed by atoms with Gasteiger partial charge in [-0.15, -0.1) is 0 Å². The van der Waals surface area contributed by atoms with E-state index in [-0.39, 0.29) is 5.69 Å². The standard InChI is InChI=1S/C14H20N2O3/c1-16(8-11-4-3-7-19-10-11)9-12-5-2-6-15-13(12)14(17)18/h2,5-6,11H,3-4,7-10H2,1H3,(H,17,18). The van der Waals surface area contributed by atoms with Crippen LogP contribution in [-0.2, 0) is 11.3 Å². The van der Waals surface area contributed by atoms with Crippen molar-refractivity contribution in [2.45, 2.75) is 19.4 Å². The van der Waals surface area contributed by atoms with Crippen molar-refractivity contribution in [2.75, 3.05) is 26.8 Å². The van der Waals surface area contributed by atoms with Gasteiger partial charge < -0.3 is 14.7 Å². The van der Waals surface area contributed by atoms with Gasteiger partial charge >= 0.3 is 5.97 Å². The van der Waals surface area contributed by atoms with E-state index in [9.17, 15) is 4.79 Å². The maximum atomic E-state index is 11.1. The molecule has 0 aromatic carbocycles. The van der Waals surface area contributed by atoms with E-state index in [1.807, 2.05) is 13.1 Å². The Bertz CT molecular complexity index is 430. The molecule has 1 aliphatic rings. The largest absolute Gasteiger partial charge is 0.477 e. The molecule has 2 rings (SSSR count). The average molecular weight is 264 g/mol. The third kappa shape index (κ3) is 4.01. The van der Waals surface area contributed by atoms with Crippen molar-refractivity contribution in [1.29, 1.82) is 0 Å². The quantitative estimate of drug-likeness (QED) is 0.876. The van der Waals surface area contributed by atoms with Crippen molar-refractivity contribution < 1.29 is 14.6 Å². The minimum atomic E-state index is -0.968. The van der Waals surface area contributed by atoms with E-state index >= 15 is 0 Å². The average Bonchev–Trinajstić information content (AvgIpc) is 2.40. The number of carboxylic acids is 1. The molecule has 1 aromatic heterocycles. The molecule has 1 aromatic rings. The van der Waals surface area contributed by atoms with Crippen LogP contribution in [0.15, 0.2) is 18.3 Å². The van der Waals surface area contributed by atoms with E-state index in [2.05, 4.69) is 9.88 Å². The first-order valence-electron chi connectivity index (χ1n) is 6.60.